The van der Waals surface area contributed by atoms with Gasteiger partial charge in [-0.1, -0.05) is 17.4 Å². The van der Waals surface area contributed by atoms with Crippen LogP contribution >= 0.6 is 11.3 Å². The van der Waals surface area contributed by atoms with Gasteiger partial charge >= 0.3 is 0 Å². The average molecular weight is 366 g/mol. The summed E-state index contributed by atoms with van der Waals surface area (Å²) in [4.78, 5) is 18.9. The molecule has 8 heteroatoms. The Balaban J connectivity index is 1.72. The Morgan fingerprint density at radius 1 is 1.12 bits per heavy atom. The van der Waals surface area contributed by atoms with Crippen molar-refractivity contribution >= 4 is 38.3 Å². The molecule has 0 bridgehead atoms. The lowest BCUT2D eigenvalue weighted by molar-refractivity contribution is 0.619. The molecule has 1 N–H and O–H groups in total. The van der Waals surface area contributed by atoms with E-state index in [1.165, 1.54) is 0 Å². The van der Waals surface area contributed by atoms with Crippen LogP contribution in [0.2, 0.25) is 0 Å². The molecule has 0 aliphatic rings. The van der Waals surface area contributed by atoms with Gasteiger partial charge < -0.3 is 10.2 Å². The molecule has 26 heavy (non-hydrogen) atoms. The zero-order valence-corrected chi connectivity index (χ0v) is 15.0. The Morgan fingerprint density at radius 2 is 2.00 bits per heavy atom. The van der Waals surface area contributed by atoms with E-state index in [-0.39, 0.29) is 5.69 Å². The third kappa shape index (κ3) is 3.18. The highest BCUT2D eigenvalue weighted by Gasteiger charge is 2.13. The summed E-state index contributed by atoms with van der Waals surface area (Å²) in [6.07, 6.45) is 4.49. The Kier molecular flexibility index (Phi) is 4.18. The van der Waals surface area contributed by atoms with Crippen LogP contribution in [0.3, 0.4) is 0 Å². The number of hydrogen-bond donors (Lipinski definition) is 1. The van der Waals surface area contributed by atoms with Crippen LogP contribution in [0, 0.1) is 5.82 Å². The zero-order valence-electron chi connectivity index (χ0n) is 14.1. The molecule has 0 amide bonds. The molecule has 6 nitrogen and oxygen atoms in total. The van der Waals surface area contributed by atoms with Crippen molar-refractivity contribution in [2.75, 3.05) is 24.3 Å². The Hall–Kier alpha value is -3.13. The second-order valence-corrected chi connectivity index (χ2v) is 6.84. The van der Waals surface area contributed by atoms with E-state index in [4.69, 9.17) is 0 Å². The van der Waals surface area contributed by atoms with Crippen LogP contribution in [0.25, 0.3) is 21.5 Å². The second-order valence-electron chi connectivity index (χ2n) is 5.83. The minimum absolute atomic E-state index is 0.229. The largest absolute Gasteiger partial charge is 0.354 e. The molecular formula is C18H15FN6S. The summed E-state index contributed by atoms with van der Waals surface area (Å²) in [5.41, 5.74) is 2.43. The molecular weight excluding hydrogens is 351 g/mol. The fraction of sp³-hybridized carbons (Fsp3) is 0.111. The van der Waals surface area contributed by atoms with E-state index in [0.717, 1.165) is 27.2 Å². The van der Waals surface area contributed by atoms with Crippen molar-refractivity contribution in [2.45, 2.75) is 0 Å². The SMILES string of the molecule is CN(C)c1nc2cc(-c3nc(Nc4cccnc4)ncc3F)ccc2s1. The normalized spacial score (nSPS) is 10.9. The van der Waals surface area contributed by atoms with Gasteiger partial charge in [-0.05, 0) is 24.3 Å². The highest BCUT2D eigenvalue weighted by Crippen LogP contribution is 2.31. The minimum Gasteiger partial charge on any atom is -0.354 e. The van der Waals surface area contributed by atoms with Gasteiger partial charge in [0.15, 0.2) is 10.9 Å². The maximum Gasteiger partial charge on any atom is 0.227 e. The number of anilines is 3. The molecule has 3 aromatic heterocycles. The van der Waals surface area contributed by atoms with E-state index in [2.05, 4.69) is 25.3 Å². The summed E-state index contributed by atoms with van der Waals surface area (Å²) in [5, 5.41) is 3.93. The van der Waals surface area contributed by atoms with Crippen molar-refractivity contribution in [1.29, 1.82) is 0 Å². The van der Waals surface area contributed by atoms with E-state index in [0.29, 0.717) is 11.5 Å². The lowest BCUT2D eigenvalue weighted by Gasteiger charge is -2.07. The standard InChI is InChI=1S/C18H15FN6S/c1-25(2)18-23-14-8-11(5-6-15(14)26-18)16-13(19)10-21-17(24-16)22-12-4-3-7-20-9-12/h3-10H,1-2H3,(H,21,22,24). The lowest BCUT2D eigenvalue weighted by atomic mass is 10.1. The average Bonchev–Trinajstić information content (AvgIpc) is 3.08. The van der Waals surface area contributed by atoms with Crippen LogP contribution in [0.15, 0.2) is 48.9 Å². The molecule has 4 aromatic rings. The fourth-order valence-corrected chi connectivity index (χ4v) is 3.32. The summed E-state index contributed by atoms with van der Waals surface area (Å²) in [5.74, 6) is -0.175. The number of halogens is 1. The van der Waals surface area contributed by atoms with E-state index in [1.807, 2.05) is 43.3 Å². The smallest absolute Gasteiger partial charge is 0.227 e. The molecule has 0 saturated heterocycles. The van der Waals surface area contributed by atoms with Crippen LogP contribution in [0.5, 0.6) is 0 Å². The van der Waals surface area contributed by atoms with E-state index < -0.39 is 5.82 Å². The number of pyridine rings is 1. The molecule has 0 aliphatic carbocycles. The second kappa shape index (κ2) is 6.64. The maximum atomic E-state index is 14.3. The van der Waals surface area contributed by atoms with Gasteiger partial charge in [-0.15, -0.1) is 0 Å². The summed E-state index contributed by atoms with van der Waals surface area (Å²) in [7, 11) is 3.89. The molecule has 0 spiro atoms. The van der Waals surface area contributed by atoms with Crippen LogP contribution in [0.1, 0.15) is 0 Å². The predicted molar refractivity (Wildman–Crippen MR) is 102 cm³/mol. The Morgan fingerprint density at radius 3 is 2.77 bits per heavy atom. The third-order valence-corrected chi connectivity index (χ3v) is 4.90. The minimum atomic E-state index is -0.482. The molecule has 0 saturated carbocycles. The van der Waals surface area contributed by atoms with Crippen molar-refractivity contribution in [3.05, 3.63) is 54.7 Å². The first-order valence-corrected chi connectivity index (χ1v) is 8.70. The van der Waals surface area contributed by atoms with Crippen molar-refractivity contribution in [3.63, 3.8) is 0 Å². The third-order valence-electron chi connectivity index (χ3n) is 3.69. The molecule has 130 valence electrons. The van der Waals surface area contributed by atoms with E-state index in [1.54, 1.807) is 29.8 Å². The fourth-order valence-electron chi connectivity index (χ4n) is 2.45. The number of hydrogen-bond acceptors (Lipinski definition) is 7. The predicted octanol–water partition coefficient (Wildman–Crippen LogP) is 4.10. The van der Waals surface area contributed by atoms with Gasteiger partial charge in [-0.3, -0.25) is 4.98 Å². The first-order valence-electron chi connectivity index (χ1n) is 7.88. The van der Waals surface area contributed by atoms with Gasteiger partial charge in [-0.25, -0.2) is 19.3 Å². The summed E-state index contributed by atoms with van der Waals surface area (Å²) >= 11 is 1.59. The quantitative estimate of drug-likeness (QED) is 0.587. The van der Waals surface area contributed by atoms with Gasteiger partial charge in [0.05, 0.1) is 28.3 Å². The Bertz CT molecular complexity index is 1060. The molecule has 0 fully saturated rings. The summed E-state index contributed by atoms with van der Waals surface area (Å²) in [6, 6.07) is 9.26. The molecule has 4 rings (SSSR count). The number of benzene rings is 1. The first kappa shape index (κ1) is 16.3. The number of rotatable bonds is 4. The molecule has 3 heterocycles. The van der Waals surface area contributed by atoms with Crippen molar-refractivity contribution in [1.82, 2.24) is 19.9 Å². The van der Waals surface area contributed by atoms with E-state index >= 15 is 0 Å². The molecule has 0 atom stereocenters. The number of aromatic nitrogens is 4. The van der Waals surface area contributed by atoms with Crippen molar-refractivity contribution < 1.29 is 4.39 Å². The summed E-state index contributed by atoms with van der Waals surface area (Å²) in [6.45, 7) is 0. The zero-order chi connectivity index (χ0) is 18.1. The number of thiazole rings is 1. The van der Waals surface area contributed by atoms with Gasteiger partial charge in [0.25, 0.3) is 0 Å². The van der Waals surface area contributed by atoms with Crippen LogP contribution < -0.4 is 10.2 Å². The summed E-state index contributed by atoms with van der Waals surface area (Å²) < 4.78 is 15.4. The monoisotopic (exact) mass is 366 g/mol. The molecule has 0 radical (unpaired) electrons. The van der Waals surface area contributed by atoms with E-state index in [9.17, 15) is 4.39 Å². The van der Waals surface area contributed by atoms with Gasteiger partial charge in [0, 0.05) is 25.9 Å². The first-order chi connectivity index (χ1) is 12.6. The van der Waals surface area contributed by atoms with Gasteiger partial charge in [-0.2, -0.15) is 0 Å². The molecule has 0 unspecified atom stereocenters. The lowest BCUT2D eigenvalue weighted by Crippen LogP contribution is -2.07. The Labute approximate surface area is 153 Å². The van der Waals surface area contributed by atoms with Crippen molar-refractivity contribution in [3.8, 4) is 11.3 Å². The topological polar surface area (TPSA) is 66.8 Å². The van der Waals surface area contributed by atoms with Crippen LogP contribution in [0.4, 0.5) is 21.2 Å². The van der Waals surface area contributed by atoms with Crippen molar-refractivity contribution in [2.24, 2.45) is 0 Å². The van der Waals surface area contributed by atoms with Crippen LogP contribution in [-0.4, -0.2) is 34.0 Å². The highest BCUT2D eigenvalue weighted by atomic mass is 32.1. The number of nitrogens with zero attached hydrogens (tertiary/aromatic N) is 5. The highest BCUT2D eigenvalue weighted by molar-refractivity contribution is 7.22. The number of nitrogens with one attached hydrogen (secondary N) is 1. The van der Waals surface area contributed by atoms with Crippen LogP contribution in [-0.2, 0) is 0 Å². The molecule has 1 aromatic carbocycles. The van der Waals surface area contributed by atoms with Gasteiger partial charge in [0.1, 0.15) is 5.69 Å². The number of fused-ring (bicyclic) bond motifs is 1. The van der Waals surface area contributed by atoms with Gasteiger partial charge in [0.2, 0.25) is 5.95 Å². The molecule has 0 aliphatic heterocycles. The maximum absolute atomic E-state index is 14.3.